The van der Waals surface area contributed by atoms with Crippen molar-refractivity contribution in [2.45, 2.75) is 19.4 Å². The van der Waals surface area contributed by atoms with Gasteiger partial charge in [0.2, 0.25) is 5.91 Å². The minimum absolute atomic E-state index is 0.0224. The van der Waals surface area contributed by atoms with Gasteiger partial charge in [0.15, 0.2) is 0 Å². The van der Waals surface area contributed by atoms with E-state index in [2.05, 4.69) is 5.32 Å². The van der Waals surface area contributed by atoms with Crippen LogP contribution in [-0.2, 0) is 16.1 Å². The van der Waals surface area contributed by atoms with Crippen molar-refractivity contribution < 1.29 is 14.3 Å². The third-order valence-electron chi connectivity index (χ3n) is 5.68. The fourth-order valence-electron chi connectivity index (χ4n) is 4.14. The standard InChI is InChI=1S/C24H31N5O3/c1-32-24(31)21-10-17(9-20(12-21)18-3-2-4-19(11-18)23(26)27)14-29(15-22(25)30)13-16-5-7-28-8-6-16/h2-4,9-12,16,28H,5-8,13-15H2,1H3,(H2,25,30)(H3,26,27). The van der Waals surface area contributed by atoms with E-state index in [0.29, 0.717) is 23.6 Å². The predicted octanol–water partition coefficient (Wildman–Crippen LogP) is 1.71. The Morgan fingerprint density at radius 2 is 1.81 bits per heavy atom. The summed E-state index contributed by atoms with van der Waals surface area (Å²) in [5.74, 6) is -0.343. The lowest BCUT2D eigenvalue weighted by molar-refractivity contribution is -0.119. The summed E-state index contributed by atoms with van der Waals surface area (Å²) in [6.07, 6.45) is 2.11. The maximum atomic E-state index is 12.3. The summed E-state index contributed by atoms with van der Waals surface area (Å²) < 4.78 is 4.95. The van der Waals surface area contributed by atoms with E-state index in [-0.39, 0.29) is 18.3 Å². The Morgan fingerprint density at radius 1 is 1.09 bits per heavy atom. The number of esters is 1. The highest BCUT2D eigenvalue weighted by molar-refractivity contribution is 5.96. The molecule has 0 bridgehead atoms. The number of nitrogens with two attached hydrogens (primary N) is 2. The lowest BCUT2D eigenvalue weighted by atomic mass is 9.96. The third-order valence-corrected chi connectivity index (χ3v) is 5.68. The molecule has 6 N–H and O–H groups in total. The SMILES string of the molecule is COC(=O)c1cc(CN(CC(N)=O)CC2CCNCC2)cc(-c2cccc(C(=N)N)c2)c1. The molecule has 1 aliphatic rings. The average Bonchev–Trinajstić information content (AvgIpc) is 2.78. The van der Waals surface area contributed by atoms with E-state index >= 15 is 0 Å². The molecule has 32 heavy (non-hydrogen) atoms. The van der Waals surface area contributed by atoms with Crippen molar-refractivity contribution in [3.05, 3.63) is 59.2 Å². The first kappa shape index (κ1) is 23.4. The summed E-state index contributed by atoms with van der Waals surface area (Å²) in [4.78, 5) is 26.1. The van der Waals surface area contributed by atoms with E-state index in [1.54, 1.807) is 18.2 Å². The second-order valence-electron chi connectivity index (χ2n) is 8.23. The van der Waals surface area contributed by atoms with Gasteiger partial charge in [-0.15, -0.1) is 0 Å². The van der Waals surface area contributed by atoms with Gasteiger partial charge in [-0.1, -0.05) is 18.2 Å². The molecule has 0 aromatic heterocycles. The van der Waals surface area contributed by atoms with Crippen LogP contribution in [0.5, 0.6) is 0 Å². The maximum Gasteiger partial charge on any atom is 0.337 e. The number of amides is 1. The zero-order chi connectivity index (χ0) is 23.1. The van der Waals surface area contributed by atoms with Gasteiger partial charge in [-0.3, -0.25) is 15.1 Å². The number of benzene rings is 2. The minimum Gasteiger partial charge on any atom is -0.465 e. The van der Waals surface area contributed by atoms with Crippen molar-refractivity contribution in [2.24, 2.45) is 17.4 Å². The van der Waals surface area contributed by atoms with E-state index in [0.717, 1.165) is 49.2 Å². The number of methoxy groups -OCH3 is 1. The molecule has 1 fully saturated rings. The van der Waals surface area contributed by atoms with Gasteiger partial charge in [-0.05, 0) is 72.8 Å². The van der Waals surface area contributed by atoms with E-state index < -0.39 is 5.97 Å². The number of carbonyl (C=O) groups is 2. The quantitative estimate of drug-likeness (QED) is 0.268. The summed E-state index contributed by atoms with van der Waals surface area (Å²) in [7, 11) is 1.35. The molecule has 1 amide bonds. The number of rotatable bonds is 9. The van der Waals surface area contributed by atoms with Crippen LogP contribution >= 0.6 is 0 Å². The largest absolute Gasteiger partial charge is 0.465 e. The molecule has 0 aliphatic carbocycles. The topological polar surface area (TPSA) is 135 Å². The van der Waals surface area contributed by atoms with Crippen LogP contribution in [0.15, 0.2) is 42.5 Å². The summed E-state index contributed by atoms with van der Waals surface area (Å²) >= 11 is 0. The molecule has 3 rings (SSSR count). The molecule has 2 aromatic carbocycles. The van der Waals surface area contributed by atoms with Gasteiger partial charge in [0.05, 0.1) is 19.2 Å². The van der Waals surface area contributed by atoms with E-state index in [1.165, 1.54) is 7.11 Å². The van der Waals surface area contributed by atoms with Crippen LogP contribution in [0.3, 0.4) is 0 Å². The Labute approximate surface area is 188 Å². The van der Waals surface area contributed by atoms with Crippen molar-refractivity contribution >= 4 is 17.7 Å². The van der Waals surface area contributed by atoms with Crippen molar-refractivity contribution in [1.29, 1.82) is 5.41 Å². The van der Waals surface area contributed by atoms with Gasteiger partial charge >= 0.3 is 5.97 Å². The average molecular weight is 438 g/mol. The second-order valence-corrected chi connectivity index (χ2v) is 8.23. The first-order valence-corrected chi connectivity index (χ1v) is 10.7. The molecule has 0 atom stereocenters. The molecular weight excluding hydrogens is 406 g/mol. The molecule has 0 saturated carbocycles. The van der Waals surface area contributed by atoms with Crippen LogP contribution in [0.2, 0.25) is 0 Å². The van der Waals surface area contributed by atoms with Crippen LogP contribution in [0.25, 0.3) is 11.1 Å². The number of hydrogen-bond acceptors (Lipinski definition) is 6. The molecule has 8 heteroatoms. The number of hydrogen-bond donors (Lipinski definition) is 4. The van der Waals surface area contributed by atoms with Gasteiger partial charge in [0.1, 0.15) is 5.84 Å². The number of nitrogens with zero attached hydrogens (tertiary/aromatic N) is 1. The normalized spacial score (nSPS) is 14.3. The fourth-order valence-corrected chi connectivity index (χ4v) is 4.14. The maximum absolute atomic E-state index is 12.3. The minimum atomic E-state index is -0.435. The molecule has 170 valence electrons. The molecule has 1 aliphatic heterocycles. The highest BCUT2D eigenvalue weighted by Crippen LogP contribution is 2.25. The Kier molecular flexibility index (Phi) is 7.97. The first-order chi connectivity index (χ1) is 15.4. The number of nitrogen functional groups attached to an aromatic ring is 1. The number of amidine groups is 1. The molecular formula is C24H31N5O3. The molecule has 1 heterocycles. The fraction of sp³-hybridized carbons (Fsp3) is 0.375. The Hall–Kier alpha value is -3.23. The summed E-state index contributed by atoms with van der Waals surface area (Å²) in [6, 6.07) is 12.9. The molecule has 2 aromatic rings. The van der Waals surface area contributed by atoms with E-state index in [1.807, 2.05) is 29.2 Å². The van der Waals surface area contributed by atoms with Gasteiger partial charge in [-0.25, -0.2) is 4.79 Å². The Bertz CT molecular complexity index is 985. The highest BCUT2D eigenvalue weighted by Gasteiger charge is 2.20. The van der Waals surface area contributed by atoms with Crippen LogP contribution < -0.4 is 16.8 Å². The van der Waals surface area contributed by atoms with E-state index in [4.69, 9.17) is 21.6 Å². The smallest absolute Gasteiger partial charge is 0.337 e. The lowest BCUT2D eigenvalue weighted by Crippen LogP contribution is -2.39. The number of nitrogens with one attached hydrogen (secondary N) is 2. The second kappa shape index (κ2) is 10.9. The van der Waals surface area contributed by atoms with Crippen LogP contribution in [-0.4, -0.2) is 55.9 Å². The lowest BCUT2D eigenvalue weighted by Gasteiger charge is -2.29. The molecule has 8 nitrogen and oxygen atoms in total. The molecule has 1 saturated heterocycles. The van der Waals surface area contributed by atoms with Crippen LogP contribution in [0, 0.1) is 11.3 Å². The number of piperidine rings is 1. The summed E-state index contributed by atoms with van der Waals surface area (Å²) in [5.41, 5.74) is 14.7. The highest BCUT2D eigenvalue weighted by atomic mass is 16.5. The van der Waals surface area contributed by atoms with Crippen LogP contribution in [0.1, 0.15) is 34.3 Å². The van der Waals surface area contributed by atoms with Gasteiger partial charge < -0.3 is 21.5 Å². The zero-order valence-electron chi connectivity index (χ0n) is 18.4. The monoisotopic (exact) mass is 437 g/mol. The van der Waals surface area contributed by atoms with Crippen molar-refractivity contribution in [1.82, 2.24) is 10.2 Å². The van der Waals surface area contributed by atoms with Gasteiger partial charge in [0.25, 0.3) is 0 Å². The van der Waals surface area contributed by atoms with E-state index in [9.17, 15) is 9.59 Å². The summed E-state index contributed by atoms with van der Waals surface area (Å²) in [6.45, 7) is 3.36. The number of carbonyl (C=O) groups excluding carboxylic acids is 2. The molecule has 0 radical (unpaired) electrons. The molecule has 0 unspecified atom stereocenters. The van der Waals surface area contributed by atoms with Crippen molar-refractivity contribution in [2.75, 3.05) is 33.3 Å². The van der Waals surface area contributed by atoms with Crippen LogP contribution in [0.4, 0.5) is 0 Å². The van der Waals surface area contributed by atoms with Crippen molar-refractivity contribution in [3.8, 4) is 11.1 Å². The zero-order valence-corrected chi connectivity index (χ0v) is 18.4. The molecule has 0 spiro atoms. The number of primary amides is 1. The van der Waals surface area contributed by atoms with Gasteiger partial charge in [-0.2, -0.15) is 0 Å². The predicted molar refractivity (Wildman–Crippen MR) is 124 cm³/mol. The third kappa shape index (κ3) is 6.38. The first-order valence-electron chi connectivity index (χ1n) is 10.7. The Balaban J connectivity index is 1.93. The number of ether oxygens (including phenoxy) is 1. The Morgan fingerprint density at radius 3 is 2.47 bits per heavy atom. The van der Waals surface area contributed by atoms with Gasteiger partial charge in [0, 0.05) is 18.7 Å². The van der Waals surface area contributed by atoms with Crippen molar-refractivity contribution in [3.63, 3.8) is 0 Å². The summed E-state index contributed by atoms with van der Waals surface area (Å²) in [5, 5.41) is 11.1.